The van der Waals surface area contributed by atoms with Crippen molar-refractivity contribution >= 4 is 27.5 Å². The lowest BCUT2D eigenvalue weighted by Gasteiger charge is -2.26. The first-order valence-electron chi connectivity index (χ1n) is 10.4. The van der Waals surface area contributed by atoms with Crippen LogP contribution in [0.2, 0.25) is 0 Å². The van der Waals surface area contributed by atoms with Crippen LogP contribution in [-0.2, 0) is 17.8 Å². The van der Waals surface area contributed by atoms with Gasteiger partial charge in [-0.1, -0.05) is 24.3 Å². The maximum atomic E-state index is 12.7. The van der Waals surface area contributed by atoms with Gasteiger partial charge in [-0.25, -0.2) is 4.98 Å². The van der Waals surface area contributed by atoms with Gasteiger partial charge in [0.15, 0.2) is 10.8 Å². The number of rotatable bonds is 6. The number of fused-ring (bicyclic) bond motifs is 1. The number of nitrogens with zero attached hydrogens (tertiary/aromatic N) is 2. The van der Waals surface area contributed by atoms with E-state index in [2.05, 4.69) is 21.3 Å². The fourth-order valence-corrected chi connectivity index (χ4v) is 4.59. The molecular weight excluding hydrogens is 410 g/mol. The van der Waals surface area contributed by atoms with E-state index >= 15 is 0 Å². The second-order valence-electron chi connectivity index (χ2n) is 7.52. The summed E-state index contributed by atoms with van der Waals surface area (Å²) in [7, 11) is 0. The number of furan rings is 1. The molecule has 0 aliphatic carbocycles. The highest BCUT2D eigenvalue weighted by molar-refractivity contribution is 7.21. The molecule has 5 rings (SSSR count). The van der Waals surface area contributed by atoms with E-state index < -0.39 is 0 Å². The largest absolute Gasteiger partial charge is 0.457 e. The number of aromatic nitrogens is 1. The number of ether oxygens (including phenoxy) is 1. The summed E-state index contributed by atoms with van der Waals surface area (Å²) in [6, 6.07) is 19.6. The number of thiazole rings is 1. The third-order valence-corrected chi connectivity index (χ3v) is 6.34. The van der Waals surface area contributed by atoms with Crippen molar-refractivity contribution in [3.63, 3.8) is 0 Å². The zero-order valence-corrected chi connectivity index (χ0v) is 17.9. The van der Waals surface area contributed by atoms with Gasteiger partial charge in [0.25, 0.3) is 5.91 Å². The Bertz CT molecular complexity index is 1160. The van der Waals surface area contributed by atoms with Crippen molar-refractivity contribution in [1.29, 1.82) is 0 Å². The normalized spacial score (nSPS) is 14.7. The summed E-state index contributed by atoms with van der Waals surface area (Å²) in [5, 5.41) is 3.80. The van der Waals surface area contributed by atoms with Crippen molar-refractivity contribution in [3.8, 4) is 10.8 Å². The van der Waals surface area contributed by atoms with E-state index in [0.29, 0.717) is 17.9 Å². The van der Waals surface area contributed by atoms with Crippen LogP contribution in [0.4, 0.5) is 0 Å². The molecule has 7 heteroatoms. The highest BCUT2D eigenvalue weighted by atomic mass is 32.1. The molecule has 0 saturated carbocycles. The number of nitrogens with one attached hydrogen (secondary N) is 1. The first kappa shape index (κ1) is 19.9. The lowest BCUT2D eigenvalue weighted by molar-refractivity contribution is 0.0342. The first-order valence-corrected chi connectivity index (χ1v) is 11.2. The summed E-state index contributed by atoms with van der Waals surface area (Å²) in [5.41, 5.74) is 2.75. The standard InChI is InChI=1S/C24H23N3O3S/c28-23(18-5-3-4-17(14-18)16-27-10-12-29-13-11-27)25-15-19-8-9-21(30-19)24-26-20-6-1-2-7-22(20)31-24/h1-9,14H,10-13,15-16H2,(H,25,28). The molecule has 0 bridgehead atoms. The third kappa shape index (κ3) is 4.69. The van der Waals surface area contributed by atoms with Crippen molar-refractivity contribution in [2.75, 3.05) is 26.3 Å². The van der Waals surface area contributed by atoms with Crippen molar-refractivity contribution in [3.05, 3.63) is 77.6 Å². The first-order chi connectivity index (χ1) is 15.2. The minimum absolute atomic E-state index is 0.109. The number of hydrogen-bond donors (Lipinski definition) is 1. The molecule has 2 aromatic heterocycles. The summed E-state index contributed by atoms with van der Waals surface area (Å²) in [6.07, 6.45) is 0. The van der Waals surface area contributed by atoms with E-state index in [-0.39, 0.29) is 5.91 Å². The topological polar surface area (TPSA) is 67.6 Å². The van der Waals surface area contributed by atoms with Crippen LogP contribution in [0.1, 0.15) is 21.7 Å². The van der Waals surface area contributed by atoms with Crippen LogP contribution < -0.4 is 5.32 Å². The number of carbonyl (C=O) groups excluding carboxylic acids is 1. The molecule has 1 N–H and O–H groups in total. The predicted octanol–water partition coefficient (Wildman–Crippen LogP) is 4.32. The number of hydrogen-bond acceptors (Lipinski definition) is 6. The van der Waals surface area contributed by atoms with Gasteiger partial charge < -0.3 is 14.5 Å². The van der Waals surface area contributed by atoms with Crippen molar-refractivity contribution < 1.29 is 13.9 Å². The van der Waals surface area contributed by atoms with Gasteiger partial charge >= 0.3 is 0 Å². The number of amides is 1. The van der Waals surface area contributed by atoms with Gasteiger partial charge in [0, 0.05) is 25.2 Å². The Labute approximate surface area is 184 Å². The molecule has 3 heterocycles. The quantitative estimate of drug-likeness (QED) is 0.491. The molecule has 4 aromatic rings. The van der Waals surface area contributed by atoms with Crippen LogP contribution in [0.25, 0.3) is 21.0 Å². The van der Waals surface area contributed by atoms with Crippen molar-refractivity contribution in [2.24, 2.45) is 0 Å². The van der Waals surface area contributed by atoms with Gasteiger partial charge in [0.1, 0.15) is 5.76 Å². The zero-order valence-electron chi connectivity index (χ0n) is 17.0. The van der Waals surface area contributed by atoms with Gasteiger partial charge in [-0.05, 0) is 42.0 Å². The number of para-hydroxylation sites is 1. The maximum Gasteiger partial charge on any atom is 0.251 e. The molecule has 31 heavy (non-hydrogen) atoms. The van der Waals surface area contributed by atoms with Gasteiger partial charge in [-0.2, -0.15) is 0 Å². The molecule has 1 aliphatic heterocycles. The Hall–Kier alpha value is -3.00. The number of benzene rings is 2. The molecule has 0 radical (unpaired) electrons. The van der Waals surface area contributed by atoms with Gasteiger partial charge in [-0.15, -0.1) is 11.3 Å². The van der Waals surface area contributed by atoms with Crippen molar-refractivity contribution in [2.45, 2.75) is 13.1 Å². The van der Waals surface area contributed by atoms with E-state index in [1.165, 1.54) is 0 Å². The highest BCUT2D eigenvalue weighted by Gasteiger charge is 2.14. The lowest BCUT2D eigenvalue weighted by Crippen LogP contribution is -2.35. The fourth-order valence-electron chi connectivity index (χ4n) is 3.66. The van der Waals surface area contributed by atoms with E-state index in [9.17, 15) is 4.79 Å². The monoisotopic (exact) mass is 433 g/mol. The average Bonchev–Trinajstić information content (AvgIpc) is 3.45. The minimum atomic E-state index is -0.109. The molecule has 1 fully saturated rings. The predicted molar refractivity (Wildman–Crippen MR) is 121 cm³/mol. The molecule has 158 valence electrons. The highest BCUT2D eigenvalue weighted by Crippen LogP contribution is 2.31. The molecular formula is C24H23N3O3S. The molecule has 2 aromatic carbocycles. The Morgan fingerprint density at radius 1 is 1.06 bits per heavy atom. The minimum Gasteiger partial charge on any atom is -0.457 e. The lowest BCUT2D eigenvalue weighted by atomic mass is 10.1. The van der Waals surface area contributed by atoms with Crippen LogP contribution >= 0.6 is 11.3 Å². The Balaban J connectivity index is 1.21. The molecule has 1 saturated heterocycles. The van der Waals surface area contributed by atoms with E-state index in [0.717, 1.165) is 59.4 Å². The fraction of sp³-hybridized carbons (Fsp3) is 0.250. The van der Waals surface area contributed by atoms with Crippen LogP contribution in [0, 0.1) is 0 Å². The summed E-state index contributed by atoms with van der Waals surface area (Å²) < 4.78 is 12.5. The van der Waals surface area contributed by atoms with Crippen LogP contribution in [0.5, 0.6) is 0 Å². The smallest absolute Gasteiger partial charge is 0.251 e. The van der Waals surface area contributed by atoms with E-state index in [4.69, 9.17) is 9.15 Å². The Kier molecular flexibility index (Phi) is 5.80. The van der Waals surface area contributed by atoms with Gasteiger partial charge in [-0.3, -0.25) is 9.69 Å². The van der Waals surface area contributed by atoms with Crippen LogP contribution in [0.15, 0.2) is 65.1 Å². The average molecular weight is 434 g/mol. The summed E-state index contributed by atoms with van der Waals surface area (Å²) in [6.45, 7) is 4.54. The van der Waals surface area contributed by atoms with Gasteiger partial charge in [0.2, 0.25) is 0 Å². The van der Waals surface area contributed by atoms with Crippen LogP contribution in [0.3, 0.4) is 0 Å². The molecule has 0 spiro atoms. The summed E-state index contributed by atoms with van der Waals surface area (Å²) in [5.74, 6) is 1.31. The maximum absolute atomic E-state index is 12.7. The second-order valence-corrected chi connectivity index (χ2v) is 8.55. The van der Waals surface area contributed by atoms with Gasteiger partial charge in [0.05, 0.1) is 30.0 Å². The second kappa shape index (κ2) is 9.01. The summed E-state index contributed by atoms with van der Waals surface area (Å²) in [4.78, 5) is 19.6. The van der Waals surface area contributed by atoms with E-state index in [1.54, 1.807) is 11.3 Å². The van der Waals surface area contributed by atoms with Crippen LogP contribution in [-0.4, -0.2) is 42.1 Å². The number of carbonyl (C=O) groups is 1. The number of morpholine rings is 1. The zero-order chi connectivity index (χ0) is 21.0. The molecule has 0 atom stereocenters. The van der Waals surface area contributed by atoms with Crippen molar-refractivity contribution in [1.82, 2.24) is 15.2 Å². The Morgan fingerprint density at radius 3 is 2.81 bits per heavy atom. The Morgan fingerprint density at radius 2 is 1.94 bits per heavy atom. The van der Waals surface area contributed by atoms with E-state index in [1.807, 2.05) is 54.6 Å². The molecule has 1 aliphatic rings. The third-order valence-electron chi connectivity index (χ3n) is 5.29. The summed E-state index contributed by atoms with van der Waals surface area (Å²) >= 11 is 1.60. The SMILES string of the molecule is O=C(NCc1ccc(-c2nc3ccccc3s2)o1)c1cccc(CN2CCOCC2)c1. The molecule has 0 unspecified atom stereocenters. The molecule has 1 amide bonds. The molecule has 6 nitrogen and oxygen atoms in total.